The van der Waals surface area contributed by atoms with Crippen LogP contribution in [0.2, 0.25) is 0 Å². The maximum atomic E-state index is 12.3. The van der Waals surface area contributed by atoms with Crippen molar-refractivity contribution < 1.29 is 14.3 Å². The number of hydrogen-bond donors (Lipinski definition) is 1. The van der Waals surface area contributed by atoms with E-state index < -0.39 is 0 Å². The molecule has 146 valence electrons. The molecule has 0 aromatic heterocycles. The molecule has 2 aromatic rings. The van der Waals surface area contributed by atoms with Gasteiger partial charge in [0.05, 0.1) is 7.11 Å². The van der Waals surface area contributed by atoms with Crippen molar-refractivity contribution in [1.82, 2.24) is 0 Å². The molecule has 4 heteroatoms. The minimum absolute atomic E-state index is 0.0377. The van der Waals surface area contributed by atoms with Crippen molar-refractivity contribution in [3.8, 4) is 11.5 Å². The Bertz CT molecular complexity index is 781. The third kappa shape index (κ3) is 5.75. The van der Waals surface area contributed by atoms with E-state index in [0.29, 0.717) is 5.69 Å². The number of nitrogens with one attached hydrogen (secondary N) is 1. The van der Waals surface area contributed by atoms with Crippen LogP contribution in [0.1, 0.15) is 52.7 Å². The summed E-state index contributed by atoms with van der Waals surface area (Å²) in [6.07, 6.45) is 0. The van der Waals surface area contributed by atoms with Crippen LogP contribution in [0.4, 0.5) is 5.69 Å². The van der Waals surface area contributed by atoms with Crippen LogP contribution in [0.25, 0.3) is 0 Å². The highest BCUT2D eigenvalue weighted by molar-refractivity contribution is 5.91. The standard InChI is InChI=1S/C23H31NO3/c1-22(2,3)16-8-13-20(19(14-16)23(4,5)6)27-15-21(25)24-17-9-11-18(26-7)12-10-17/h8-14H,15H2,1-7H3,(H,24,25). The van der Waals surface area contributed by atoms with E-state index in [1.54, 1.807) is 31.4 Å². The van der Waals surface area contributed by atoms with Gasteiger partial charge < -0.3 is 14.8 Å². The maximum Gasteiger partial charge on any atom is 0.262 e. The largest absolute Gasteiger partial charge is 0.497 e. The van der Waals surface area contributed by atoms with E-state index in [1.807, 2.05) is 6.07 Å². The number of carbonyl (C=O) groups is 1. The molecular formula is C23H31NO3. The molecule has 0 heterocycles. The number of hydrogen-bond acceptors (Lipinski definition) is 3. The minimum Gasteiger partial charge on any atom is -0.497 e. The average molecular weight is 370 g/mol. The number of amides is 1. The summed E-state index contributed by atoms with van der Waals surface area (Å²) >= 11 is 0. The van der Waals surface area contributed by atoms with Crippen LogP contribution in [-0.4, -0.2) is 19.6 Å². The van der Waals surface area contributed by atoms with Crippen LogP contribution in [0.3, 0.4) is 0 Å². The first-order valence-electron chi connectivity index (χ1n) is 9.22. The molecule has 0 saturated heterocycles. The van der Waals surface area contributed by atoms with Crippen molar-refractivity contribution in [2.24, 2.45) is 0 Å². The lowest BCUT2D eigenvalue weighted by Crippen LogP contribution is -2.22. The number of ether oxygens (including phenoxy) is 2. The van der Waals surface area contributed by atoms with Crippen LogP contribution < -0.4 is 14.8 Å². The fourth-order valence-corrected chi connectivity index (χ4v) is 2.72. The Morgan fingerprint density at radius 3 is 2.07 bits per heavy atom. The Hall–Kier alpha value is -2.49. The molecule has 4 nitrogen and oxygen atoms in total. The maximum absolute atomic E-state index is 12.3. The monoisotopic (exact) mass is 369 g/mol. The Labute approximate surface area is 162 Å². The summed E-state index contributed by atoms with van der Waals surface area (Å²) in [4.78, 5) is 12.3. The van der Waals surface area contributed by atoms with Crippen molar-refractivity contribution in [2.75, 3.05) is 19.0 Å². The number of carbonyl (C=O) groups excluding carboxylic acids is 1. The molecule has 1 amide bonds. The van der Waals surface area contributed by atoms with Gasteiger partial charge in [0.15, 0.2) is 6.61 Å². The molecule has 2 rings (SSSR count). The topological polar surface area (TPSA) is 47.6 Å². The summed E-state index contributed by atoms with van der Waals surface area (Å²) in [7, 11) is 1.61. The first-order valence-corrected chi connectivity index (χ1v) is 9.22. The van der Waals surface area contributed by atoms with Gasteiger partial charge in [0.1, 0.15) is 11.5 Å². The lowest BCUT2D eigenvalue weighted by Gasteiger charge is -2.27. The molecule has 27 heavy (non-hydrogen) atoms. The van der Waals surface area contributed by atoms with Crippen molar-refractivity contribution in [1.29, 1.82) is 0 Å². The summed E-state index contributed by atoms with van der Waals surface area (Å²) in [6, 6.07) is 13.5. The summed E-state index contributed by atoms with van der Waals surface area (Å²) in [5.74, 6) is 1.30. The molecule has 0 aliphatic carbocycles. The van der Waals surface area contributed by atoms with Crippen molar-refractivity contribution in [3.05, 3.63) is 53.6 Å². The van der Waals surface area contributed by atoms with Gasteiger partial charge in [-0.15, -0.1) is 0 Å². The summed E-state index contributed by atoms with van der Waals surface area (Å²) in [5.41, 5.74) is 3.05. The SMILES string of the molecule is COc1ccc(NC(=O)COc2ccc(C(C)(C)C)cc2C(C)(C)C)cc1. The van der Waals surface area contributed by atoms with E-state index in [1.165, 1.54) is 5.56 Å². The Balaban J connectivity index is 2.10. The predicted molar refractivity (Wildman–Crippen MR) is 111 cm³/mol. The molecule has 0 fully saturated rings. The smallest absolute Gasteiger partial charge is 0.262 e. The molecule has 0 aliphatic rings. The Morgan fingerprint density at radius 1 is 0.926 bits per heavy atom. The van der Waals surface area contributed by atoms with Crippen LogP contribution in [0.15, 0.2) is 42.5 Å². The molecule has 0 spiro atoms. The molecule has 0 radical (unpaired) electrons. The Kier molecular flexibility index (Phi) is 6.19. The highest BCUT2D eigenvalue weighted by Crippen LogP contribution is 2.35. The van der Waals surface area contributed by atoms with E-state index in [4.69, 9.17) is 9.47 Å². The van der Waals surface area contributed by atoms with Crippen LogP contribution in [0.5, 0.6) is 11.5 Å². The predicted octanol–water partition coefficient (Wildman–Crippen LogP) is 5.31. The molecule has 2 aromatic carbocycles. The highest BCUT2D eigenvalue weighted by Gasteiger charge is 2.23. The highest BCUT2D eigenvalue weighted by atomic mass is 16.5. The summed E-state index contributed by atoms with van der Waals surface area (Å²) < 4.78 is 11.0. The van der Waals surface area contributed by atoms with Gasteiger partial charge >= 0.3 is 0 Å². The number of anilines is 1. The fourth-order valence-electron chi connectivity index (χ4n) is 2.72. The first-order chi connectivity index (χ1) is 12.5. The number of rotatable bonds is 5. The molecule has 0 bridgehead atoms. The van der Waals surface area contributed by atoms with E-state index in [-0.39, 0.29) is 23.3 Å². The zero-order chi connectivity index (χ0) is 20.2. The van der Waals surface area contributed by atoms with Gasteiger partial charge in [-0.05, 0) is 52.3 Å². The molecule has 0 atom stereocenters. The second-order valence-corrected chi connectivity index (χ2v) is 8.78. The van der Waals surface area contributed by atoms with Crippen molar-refractivity contribution in [3.63, 3.8) is 0 Å². The lowest BCUT2D eigenvalue weighted by molar-refractivity contribution is -0.118. The van der Waals surface area contributed by atoms with Crippen LogP contribution in [-0.2, 0) is 15.6 Å². The van der Waals surface area contributed by atoms with Gasteiger partial charge in [0.2, 0.25) is 0 Å². The lowest BCUT2D eigenvalue weighted by atomic mass is 9.80. The second-order valence-electron chi connectivity index (χ2n) is 8.78. The third-order valence-corrected chi connectivity index (χ3v) is 4.39. The fraction of sp³-hybridized carbons (Fsp3) is 0.435. The Morgan fingerprint density at radius 2 is 1.56 bits per heavy atom. The third-order valence-electron chi connectivity index (χ3n) is 4.39. The molecule has 1 N–H and O–H groups in total. The van der Waals surface area contributed by atoms with Gasteiger partial charge in [-0.2, -0.15) is 0 Å². The second kappa shape index (κ2) is 8.03. The quantitative estimate of drug-likeness (QED) is 0.777. The van der Waals surface area contributed by atoms with E-state index in [9.17, 15) is 4.79 Å². The molecule has 0 unspecified atom stereocenters. The molecular weight excluding hydrogens is 338 g/mol. The molecule has 0 saturated carbocycles. The average Bonchev–Trinajstić information content (AvgIpc) is 2.59. The summed E-state index contributed by atoms with van der Waals surface area (Å²) in [5, 5.41) is 2.84. The zero-order valence-corrected chi connectivity index (χ0v) is 17.5. The van der Waals surface area contributed by atoms with Gasteiger partial charge in [-0.3, -0.25) is 4.79 Å². The molecule has 0 aliphatic heterocycles. The van der Waals surface area contributed by atoms with Gasteiger partial charge in [-0.1, -0.05) is 53.7 Å². The minimum atomic E-state index is -0.195. The zero-order valence-electron chi connectivity index (χ0n) is 17.5. The van der Waals surface area contributed by atoms with Gasteiger partial charge in [-0.25, -0.2) is 0 Å². The summed E-state index contributed by atoms with van der Waals surface area (Å²) in [6.45, 7) is 13.0. The van der Waals surface area contributed by atoms with Crippen molar-refractivity contribution in [2.45, 2.75) is 52.4 Å². The van der Waals surface area contributed by atoms with Crippen molar-refractivity contribution >= 4 is 11.6 Å². The van der Waals surface area contributed by atoms with Crippen LogP contribution in [0, 0.1) is 0 Å². The van der Waals surface area contributed by atoms with Crippen LogP contribution >= 0.6 is 0 Å². The first kappa shape index (κ1) is 20.8. The van der Waals surface area contributed by atoms with Gasteiger partial charge in [0.25, 0.3) is 5.91 Å². The normalized spacial score (nSPS) is 11.8. The number of methoxy groups -OCH3 is 1. The van der Waals surface area contributed by atoms with E-state index in [2.05, 4.69) is 59.0 Å². The van der Waals surface area contributed by atoms with Gasteiger partial charge in [0, 0.05) is 5.69 Å². The van der Waals surface area contributed by atoms with E-state index in [0.717, 1.165) is 17.1 Å². The number of benzene rings is 2. The van der Waals surface area contributed by atoms with E-state index >= 15 is 0 Å².